The van der Waals surface area contributed by atoms with Gasteiger partial charge in [0.2, 0.25) is 0 Å². The molecule has 2 atom stereocenters. The van der Waals surface area contributed by atoms with Crippen LogP contribution in [0, 0.1) is 5.41 Å². The van der Waals surface area contributed by atoms with Crippen molar-refractivity contribution in [2.24, 2.45) is 10.4 Å². The van der Waals surface area contributed by atoms with E-state index in [2.05, 4.69) is 37.8 Å². The third-order valence-electron chi connectivity index (χ3n) is 9.30. The monoisotopic (exact) mass is 712 g/mol. The lowest BCUT2D eigenvalue weighted by atomic mass is 9.86. The summed E-state index contributed by atoms with van der Waals surface area (Å²) in [6, 6.07) is 20.6. The van der Waals surface area contributed by atoms with Gasteiger partial charge >= 0.3 is 6.03 Å². The molecule has 48 heavy (non-hydrogen) atoms. The lowest BCUT2D eigenvalue weighted by Crippen LogP contribution is -2.55. The zero-order valence-corrected chi connectivity index (χ0v) is 31.3. The molecule has 3 aromatic carbocycles. The van der Waals surface area contributed by atoms with E-state index in [0.717, 1.165) is 22.3 Å². The average Bonchev–Trinajstić information content (AvgIpc) is 3.41. The molecule has 0 radical (unpaired) electrons. The number of amides is 2. The SMILES string of the molecule is CCOc1cc(C(C)(C)C)ccc1C1=N[C@@H](c2ccc(Cl)cc2)[C@@H](c2ccc(Cl)cc2)N1C(=O)N1CCN(CC(C)(C)C(C)=O)CC1.Cl. The Bertz CT molecular complexity index is 1630. The minimum Gasteiger partial charge on any atom is -0.493 e. The number of hydrogen-bond donors (Lipinski definition) is 0. The molecule has 0 spiro atoms. The van der Waals surface area contributed by atoms with Crippen LogP contribution in [0.15, 0.2) is 71.7 Å². The number of urea groups is 1. The van der Waals surface area contributed by atoms with E-state index in [1.54, 1.807) is 6.92 Å². The van der Waals surface area contributed by atoms with Crippen LogP contribution in [0.2, 0.25) is 10.0 Å². The van der Waals surface area contributed by atoms with Crippen LogP contribution in [-0.4, -0.2) is 71.7 Å². The van der Waals surface area contributed by atoms with Crippen LogP contribution in [0.3, 0.4) is 0 Å². The Morgan fingerprint density at radius 1 is 0.854 bits per heavy atom. The Morgan fingerprint density at radius 2 is 1.42 bits per heavy atom. The summed E-state index contributed by atoms with van der Waals surface area (Å²) >= 11 is 12.7. The number of hydrogen-bond acceptors (Lipinski definition) is 5. The van der Waals surface area contributed by atoms with Gasteiger partial charge in [0.1, 0.15) is 23.4 Å². The summed E-state index contributed by atoms with van der Waals surface area (Å²) in [5, 5.41) is 1.25. The van der Waals surface area contributed by atoms with Crippen LogP contribution in [0.5, 0.6) is 5.75 Å². The normalized spacial score (nSPS) is 18.7. The predicted octanol–water partition coefficient (Wildman–Crippen LogP) is 9.01. The van der Waals surface area contributed by atoms with Crippen molar-refractivity contribution in [2.75, 3.05) is 39.3 Å². The van der Waals surface area contributed by atoms with Gasteiger partial charge in [-0.1, -0.05) is 88.2 Å². The number of amidine groups is 1. The smallest absolute Gasteiger partial charge is 0.326 e. The molecule has 0 aliphatic carbocycles. The van der Waals surface area contributed by atoms with Gasteiger partial charge in [-0.2, -0.15) is 0 Å². The molecule has 5 rings (SSSR count). The fraction of sp³-hybridized carbons (Fsp3) is 0.447. The number of ether oxygens (including phenoxy) is 1. The molecule has 0 aromatic heterocycles. The summed E-state index contributed by atoms with van der Waals surface area (Å²) in [4.78, 5) is 38.5. The van der Waals surface area contributed by atoms with Gasteiger partial charge in [-0.05, 0) is 72.4 Å². The van der Waals surface area contributed by atoms with Gasteiger partial charge in [0.25, 0.3) is 0 Å². The third-order valence-corrected chi connectivity index (χ3v) is 9.80. The molecule has 0 N–H and O–H groups in total. The van der Waals surface area contributed by atoms with E-state index in [0.29, 0.717) is 61.0 Å². The minimum absolute atomic E-state index is 0. The van der Waals surface area contributed by atoms with E-state index >= 15 is 0 Å². The summed E-state index contributed by atoms with van der Waals surface area (Å²) in [5.41, 5.74) is 3.24. The Kier molecular flexibility index (Phi) is 11.9. The number of aliphatic imine (C=N–C) groups is 1. The van der Waals surface area contributed by atoms with Gasteiger partial charge in [-0.25, -0.2) is 4.79 Å². The average molecular weight is 714 g/mol. The number of carbonyl (C=O) groups is 2. The number of carbonyl (C=O) groups excluding carboxylic acids is 2. The summed E-state index contributed by atoms with van der Waals surface area (Å²) in [6.07, 6.45) is 0. The van der Waals surface area contributed by atoms with Crippen LogP contribution >= 0.6 is 35.6 Å². The molecule has 7 nitrogen and oxygen atoms in total. The van der Waals surface area contributed by atoms with Crippen LogP contribution in [0.1, 0.15) is 82.8 Å². The Balaban J connectivity index is 0.00000520. The maximum absolute atomic E-state index is 14.9. The molecule has 258 valence electrons. The topological polar surface area (TPSA) is 65.5 Å². The first-order chi connectivity index (χ1) is 22.2. The molecule has 1 fully saturated rings. The molecule has 0 unspecified atom stereocenters. The van der Waals surface area contributed by atoms with E-state index < -0.39 is 17.5 Å². The molecule has 10 heteroatoms. The van der Waals surface area contributed by atoms with Gasteiger partial charge in [0.05, 0.1) is 18.2 Å². The molecule has 2 amide bonds. The molecule has 2 aliphatic rings. The number of Topliss-reactive ketones (excluding diaryl/α,β-unsaturated/α-hetero) is 1. The highest BCUT2D eigenvalue weighted by molar-refractivity contribution is 6.30. The Morgan fingerprint density at radius 3 is 1.94 bits per heavy atom. The minimum atomic E-state index is -0.443. The molecule has 2 aliphatic heterocycles. The van der Waals surface area contributed by atoms with E-state index in [1.165, 1.54) is 0 Å². The molecular weight excluding hydrogens is 667 g/mol. The third kappa shape index (κ3) is 8.19. The van der Waals surface area contributed by atoms with Gasteiger partial charge in [-0.3, -0.25) is 19.6 Å². The van der Waals surface area contributed by atoms with E-state index in [9.17, 15) is 9.59 Å². The van der Waals surface area contributed by atoms with Gasteiger partial charge < -0.3 is 9.64 Å². The summed E-state index contributed by atoms with van der Waals surface area (Å²) in [6.45, 7) is 17.7. The highest BCUT2D eigenvalue weighted by Crippen LogP contribution is 2.46. The van der Waals surface area contributed by atoms with Crippen molar-refractivity contribution >= 4 is 53.3 Å². The number of nitrogens with zero attached hydrogens (tertiary/aromatic N) is 4. The van der Waals surface area contributed by atoms with Gasteiger partial charge in [0, 0.05) is 48.2 Å². The first-order valence-corrected chi connectivity index (χ1v) is 17.1. The lowest BCUT2D eigenvalue weighted by Gasteiger charge is -2.40. The van der Waals surface area contributed by atoms with Crippen LogP contribution < -0.4 is 4.74 Å². The van der Waals surface area contributed by atoms with E-state index in [4.69, 9.17) is 32.9 Å². The van der Waals surface area contributed by atoms with Gasteiger partial charge in [0.15, 0.2) is 0 Å². The Hall–Kier alpha value is -3.10. The fourth-order valence-corrected chi connectivity index (χ4v) is 6.47. The van der Waals surface area contributed by atoms with E-state index in [-0.39, 0.29) is 29.6 Å². The zero-order chi connectivity index (χ0) is 34.1. The summed E-state index contributed by atoms with van der Waals surface area (Å²) < 4.78 is 6.25. The van der Waals surface area contributed by atoms with Crippen molar-refractivity contribution < 1.29 is 14.3 Å². The highest BCUT2D eigenvalue weighted by atomic mass is 35.5. The molecule has 1 saturated heterocycles. The van der Waals surface area contributed by atoms with Crippen LogP contribution in [0.4, 0.5) is 4.79 Å². The second-order valence-electron chi connectivity index (χ2n) is 14.2. The number of ketones is 1. The van der Waals surface area contributed by atoms with Crippen LogP contribution in [-0.2, 0) is 10.2 Å². The highest BCUT2D eigenvalue weighted by Gasteiger charge is 2.45. The first-order valence-electron chi connectivity index (χ1n) is 16.4. The molecule has 0 bridgehead atoms. The quantitative estimate of drug-likeness (QED) is 0.234. The zero-order valence-electron chi connectivity index (χ0n) is 28.9. The number of benzene rings is 3. The molecule has 2 heterocycles. The van der Waals surface area contributed by atoms with Crippen molar-refractivity contribution in [3.05, 3.63) is 99.0 Å². The summed E-state index contributed by atoms with van der Waals surface area (Å²) in [5.74, 6) is 1.42. The second-order valence-corrected chi connectivity index (χ2v) is 15.1. The fourth-order valence-electron chi connectivity index (χ4n) is 6.22. The van der Waals surface area contributed by atoms with Gasteiger partial charge in [-0.15, -0.1) is 12.4 Å². The van der Waals surface area contributed by atoms with Crippen molar-refractivity contribution in [3.63, 3.8) is 0 Å². The second kappa shape index (κ2) is 15.2. The Labute approximate surface area is 301 Å². The predicted molar refractivity (Wildman–Crippen MR) is 198 cm³/mol. The molecule has 0 saturated carbocycles. The number of halogens is 3. The van der Waals surface area contributed by atoms with E-state index in [1.807, 2.05) is 85.2 Å². The first kappa shape index (κ1) is 37.7. The maximum atomic E-state index is 14.9. The molecule has 3 aromatic rings. The van der Waals surface area contributed by atoms with Crippen LogP contribution in [0.25, 0.3) is 0 Å². The standard InChI is InChI=1S/C38H46Cl2N4O3.ClH/c1-8-47-32-23-28(37(3,4)5)13-18-31(32)35-41-33(26-9-14-29(39)15-10-26)34(27-11-16-30(40)17-12-27)44(35)36(46)43-21-19-42(20-22-43)24-38(6,7)25(2)45;/h9-18,23,33-34H,8,19-22,24H2,1-7H3;1H/t33-,34+;/m0./s1. The number of piperazine rings is 1. The maximum Gasteiger partial charge on any atom is 0.326 e. The van der Waals surface area contributed by atoms with Crippen molar-refractivity contribution in [2.45, 2.75) is 66.0 Å². The lowest BCUT2D eigenvalue weighted by molar-refractivity contribution is -0.126. The largest absolute Gasteiger partial charge is 0.493 e. The summed E-state index contributed by atoms with van der Waals surface area (Å²) in [7, 11) is 0. The molecular formula is C38H47Cl3N4O3. The van der Waals surface area contributed by atoms with Crippen molar-refractivity contribution in [1.29, 1.82) is 0 Å². The van der Waals surface area contributed by atoms with Crippen molar-refractivity contribution in [3.8, 4) is 5.75 Å². The van der Waals surface area contributed by atoms with Crippen molar-refractivity contribution in [1.82, 2.24) is 14.7 Å². The number of rotatable bonds is 8.